The highest BCUT2D eigenvalue weighted by Gasteiger charge is 2.72. The third-order valence-electron chi connectivity index (χ3n) is 5.98. The number of rotatable bonds is 5. The van der Waals surface area contributed by atoms with E-state index in [2.05, 4.69) is 20.8 Å². The van der Waals surface area contributed by atoms with E-state index in [1.54, 1.807) is 11.8 Å². The minimum atomic E-state index is -0.916. The van der Waals surface area contributed by atoms with Crippen LogP contribution in [0.1, 0.15) is 41.5 Å². The Morgan fingerprint density at radius 2 is 1.76 bits per heavy atom. The molecule has 4 nitrogen and oxygen atoms in total. The number of quaternary nitrogens is 1. The normalized spacial score (nSPS) is 34.6. The monoisotopic (exact) mass is 331 g/mol. The molecule has 0 aliphatic carbocycles. The van der Waals surface area contributed by atoms with Crippen LogP contribution in [0.25, 0.3) is 0 Å². The lowest BCUT2D eigenvalue weighted by molar-refractivity contribution is -0.940. The fourth-order valence-electron chi connectivity index (χ4n) is 3.87. The number of carboxylic acid groups (broad SMARTS) is 1. The molecular weight excluding hydrogens is 304 g/mol. The molecule has 2 fully saturated rings. The van der Waals surface area contributed by atoms with E-state index in [1.165, 1.54) is 0 Å². The minimum Gasteiger partial charge on any atom is -0.479 e. The molecule has 2 saturated heterocycles. The summed E-state index contributed by atoms with van der Waals surface area (Å²) in [5.41, 5.74) is -0.916. The summed E-state index contributed by atoms with van der Waals surface area (Å²) in [7, 11) is 0. The van der Waals surface area contributed by atoms with E-state index in [9.17, 15) is 9.90 Å². The lowest BCUT2D eigenvalue weighted by Gasteiger charge is -2.57. The first-order valence-electron chi connectivity index (χ1n) is 7.73. The van der Waals surface area contributed by atoms with Crippen molar-refractivity contribution >= 4 is 34.9 Å². The Labute approximate surface area is 137 Å². The first-order chi connectivity index (χ1) is 9.63. The van der Waals surface area contributed by atoms with Crippen molar-refractivity contribution in [2.45, 2.75) is 63.2 Å². The van der Waals surface area contributed by atoms with Gasteiger partial charge in [0, 0.05) is 4.75 Å². The average Bonchev–Trinajstić information content (AvgIpc) is 2.61. The summed E-state index contributed by atoms with van der Waals surface area (Å²) < 4.78 is 0.603. The summed E-state index contributed by atoms with van der Waals surface area (Å²) in [6.45, 7) is 15.6. The second-order valence-corrected chi connectivity index (χ2v) is 8.87. The molecule has 0 saturated carbocycles. The standard InChI is InChI=1S/C15H26N2O2S2/c1-7-17(8-2,9-3)10-11(20)16-12(10)21-14(4,5)15(16,6)13(18)19/h10,12H,7-9H2,1-6H3/p+1/t10-,12-,15+/m1/s1. The highest BCUT2D eigenvalue weighted by molar-refractivity contribution is 8.02. The smallest absolute Gasteiger partial charge is 0.330 e. The molecular formula is C15H27N2O2S2+. The zero-order chi connectivity index (χ0) is 16.2. The Morgan fingerprint density at radius 1 is 1.29 bits per heavy atom. The van der Waals surface area contributed by atoms with Crippen molar-refractivity contribution in [3.63, 3.8) is 0 Å². The second-order valence-electron chi connectivity index (χ2n) is 6.72. The molecule has 21 heavy (non-hydrogen) atoms. The van der Waals surface area contributed by atoms with Gasteiger partial charge in [-0.05, 0) is 41.5 Å². The van der Waals surface area contributed by atoms with Gasteiger partial charge in [-0.1, -0.05) is 12.2 Å². The van der Waals surface area contributed by atoms with Crippen LogP contribution in [0.3, 0.4) is 0 Å². The van der Waals surface area contributed by atoms with E-state index in [-0.39, 0.29) is 16.2 Å². The molecule has 3 atom stereocenters. The van der Waals surface area contributed by atoms with Crippen LogP contribution in [0.4, 0.5) is 0 Å². The third-order valence-corrected chi connectivity index (χ3v) is 8.12. The molecule has 0 aromatic carbocycles. The maximum Gasteiger partial charge on any atom is 0.330 e. The first-order valence-corrected chi connectivity index (χ1v) is 9.02. The number of fused-ring (bicyclic) bond motifs is 1. The Hall–Kier alpha value is -0.330. The van der Waals surface area contributed by atoms with Crippen LogP contribution in [0.15, 0.2) is 0 Å². The summed E-state index contributed by atoms with van der Waals surface area (Å²) in [4.78, 5) is 14.8. The van der Waals surface area contributed by atoms with E-state index in [0.717, 1.165) is 29.1 Å². The Bertz CT molecular complexity index is 468. The largest absolute Gasteiger partial charge is 0.479 e. The number of aliphatic carboxylic acids is 1. The van der Waals surface area contributed by atoms with Crippen LogP contribution in [0, 0.1) is 0 Å². The van der Waals surface area contributed by atoms with Gasteiger partial charge in [0.25, 0.3) is 0 Å². The van der Waals surface area contributed by atoms with Gasteiger partial charge in [0.2, 0.25) is 0 Å². The number of carbonyl (C=O) groups is 1. The van der Waals surface area contributed by atoms with E-state index in [0.29, 0.717) is 0 Å². The molecule has 0 unspecified atom stereocenters. The molecule has 2 aliphatic heterocycles. The van der Waals surface area contributed by atoms with Crippen LogP contribution in [-0.4, -0.2) is 66.8 Å². The first kappa shape index (κ1) is 17.0. The van der Waals surface area contributed by atoms with Crippen LogP contribution in [0.2, 0.25) is 0 Å². The van der Waals surface area contributed by atoms with Crippen LogP contribution >= 0.6 is 24.0 Å². The summed E-state index contributed by atoms with van der Waals surface area (Å²) in [5.74, 6) is -0.772. The SMILES string of the molecule is CC[N+](CC)(CC)[C@@H]1C(=S)N2[C@@H]1SC(C)(C)[C@]2(C)C(=O)O. The molecule has 1 N–H and O–H groups in total. The van der Waals surface area contributed by atoms with Gasteiger partial charge in [-0.2, -0.15) is 0 Å². The van der Waals surface area contributed by atoms with Crippen molar-refractivity contribution in [2.75, 3.05) is 19.6 Å². The van der Waals surface area contributed by atoms with E-state index in [4.69, 9.17) is 12.2 Å². The van der Waals surface area contributed by atoms with Crippen molar-refractivity contribution in [3.05, 3.63) is 0 Å². The van der Waals surface area contributed by atoms with Crippen LogP contribution in [0.5, 0.6) is 0 Å². The number of carboxylic acids is 1. The predicted molar refractivity (Wildman–Crippen MR) is 91.6 cm³/mol. The fourth-order valence-corrected chi connectivity index (χ4v) is 6.64. The van der Waals surface area contributed by atoms with Crippen molar-refractivity contribution in [2.24, 2.45) is 0 Å². The summed E-state index contributed by atoms with van der Waals surface area (Å²) >= 11 is 7.47. The molecule has 2 aliphatic rings. The van der Waals surface area contributed by atoms with Crippen molar-refractivity contribution in [1.82, 2.24) is 4.90 Å². The van der Waals surface area contributed by atoms with Gasteiger partial charge in [-0.15, -0.1) is 11.8 Å². The number of hydrogen-bond acceptors (Lipinski definition) is 3. The van der Waals surface area contributed by atoms with E-state index < -0.39 is 11.5 Å². The maximum atomic E-state index is 11.9. The molecule has 0 amide bonds. The average molecular weight is 332 g/mol. The molecule has 120 valence electrons. The molecule has 0 bridgehead atoms. The number of thiocarbonyl (C=S) groups is 1. The van der Waals surface area contributed by atoms with Crippen LogP contribution < -0.4 is 0 Å². The van der Waals surface area contributed by atoms with Gasteiger partial charge in [0.15, 0.2) is 11.6 Å². The lowest BCUT2D eigenvalue weighted by atomic mass is 9.82. The molecule has 0 radical (unpaired) electrons. The van der Waals surface area contributed by atoms with Crippen molar-refractivity contribution in [3.8, 4) is 0 Å². The predicted octanol–water partition coefficient (Wildman–Crippen LogP) is 2.57. The molecule has 2 heterocycles. The number of hydrogen-bond donors (Lipinski definition) is 1. The van der Waals surface area contributed by atoms with Crippen molar-refractivity contribution in [1.29, 1.82) is 0 Å². The minimum absolute atomic E-state index is 0.188. The van der Waals surface area contributed by atoms with Gasteiger partial charge >= 0.3 is 5.97 Å². The fraction of sp³-hybridized carbons (Fsp3) is 0.867. The summed E-state index contributed by atoms with van der Waals surface area (Å²) in [6.07, 6.45) is 0. The third kappa shape index (κ3) is 1.91. The number of thioether (sulfide) groups is 1. The zero-order valence-electron chi connectivity index (χ0n) is 13.8. The molecule has 0 aromatic heterocycles. The Morgan fingerprint density at radius 3 is 2.14 bits per heavy atom. The summed E-state index contributed by atoms with van der Waals surface area (Å²) in [6, 6.07) is 0.269. The maximum absolute atomic E-state index is 11.9. The number of nitrogens with zero attached hydrogens (tertiary/aromatic N) is 2. The van der Waals surface area contributed by atoms with Gasteiger partial charge in [0.05, 0.1) is 19.6 Å². The molecule has 0 spiro atoms. The van der Waals surface area contributed by atoms with E-state index in [1.807, 2.05) is 25.7 Å². The highest BCUT2D eigenvalue weighted by Crippen LogP contribution is 2.58. The lowest BCUT2D eigenvalue weighted by Crippen LogP contribution is -2.78. The van der Waals surface area contributed by atoms with E-state index >= 15 is 0 Å². The van der Waals surface area contributed by atoms with Gasteiger partial charge < -0.3 is 14.5 Å². The van der Waals surface area contributed by atoms with Gasteiger partial charge in [0.1, 0.15) is 10.4 Å². The molecule has 2 rings (SSSR count). The quantitative estimate of drug-likeness (QED) is 0.619. The topological polar surface area (TPSA) is 40.5 Å². The van der Waals surface area contributed by atoms with Gasteiger partial charge in [-0.3, -0.25) is 0 Å². The zero-order valence-corrected chi connectivity index (χ0v) is 15.5. The highest BCUT2D eigenvalue weighted by atomic mass is 32.2. The van der Waals surface area contributed by atoms with Crippen molar-refractivity contribution < 1.29 is 14.4 Å². The Balaban J connectivity index is 2.42. The van der Waals surface area contributed by atoms with Crippen LogP contribution in [-0.2, 0) is 4.79 Å². The second kappa shape index (κ2) is 5.10. The molecule has 0 aromatic rings. The number of likely N-dealkylation sites (N-methyl/N-ethyl adjacent to an activating group) is 1. The summed E-state index contributed by atoms with van der Waals surface area (Å²) in [5, 5.41) is 9.98. The Kier molecular flexibility index (Phi) is 4.14. The van der Waals surface area contributed by atoms with Gasteiger partial charge in [-0.25, -0.2) is 4.79 Å². The molecule has 6 heteroatoms.